The van der Waals surface area contributed by atoms with Crippen LogP contribution in [0.4, 0.5) is 0 Å². The van der Waals surface area contributed by atoms with Gasteiger partial charge in [0.1, 0.15) is 24.7 Å². The number of hydrogen-bond acceptors (Lipinski definition) is 7. The molecule has 0 aromatic heterocycles. The van der Waals surface area contributed by atoms with Crippen LogP contribution in [0.5, 0.6) is 34.5 Å². The summed E-state index contributed by atoms with van der Waals surface area (Å²) in [5.41, 5.74) is 2.71. The fourth-order valence-electron chi connectivity index (χ4n) is 4.55. The second-order valence-electron chi connectivity index (χ2n) is 10.4. The van der Waals surface area contributed by atoms with Crippen molar-refractivity contribution < 1.29 is 33.3 Å². The van der Waals surface area contributed by atoms with E-state index in [9.17, 15) is 9.59 Å². The molecule has 7 nitrogen and oxygen atoms in total. The predicted octanol–water partition coefficient (Wildman–Crippen LogP) is 9.08. The van der Waals surface area contributed by atoms with Crippen LogP contribution in [0.1, 0.15) is 31.8 Å². The second-order valence-corrected chi connectivity index (χ2v) is 10.4. The van der Waals surface area contributed by atoms with Gasteiger partial charge in [0.2, 0.25) is 0 Å². The highest BCUT2D eigenvalue weighted by Gasteiger charge is 2.15. The van der Waals surface area contributed by atoms with E-state index in [1.54, 1.807) is 84.9 Å². The van der Waals surface area contributed by atoms with Gasteiger partial charge in [-0.2, -0.15) is 0 Å². The van der Waals surface area contributed by atoms with E-state index in [4.69, 9.17) is 23.7 Å². The molecule has 0 unspecified atom stereocenters. The van der Waals surface area contributed by atoms with Gasteiger partial charge in [-0.25, -0.2) is 9.59 Å². The lowest BCUT2D eigenvalue weighted by Crippen LogP contribution is -2.09. The summed E-state index contributed by atoms with van der Waals surface area (Å²) in [6, 6.07) is 46.7. The fourth-order valence-corrected chi connectivity index (χ4v) is 4.55. The van der Waals surface area contributed by atoms with E-state index < -0.39 is 11.9 Å². The van der Waals surface area contributed by atoms with Crippen molar-refractivity contribution in [2.24, 2.45) is 0 Å². The van der Waals surface area contributed by atoms with Crippen molar-refractivity contribution in [3.05, 3.63) is 180 Å². The molecule has 0 aliphatic carbocycles. The maximum Gasteiger partial charge on any atom is 0.343 e. The second kappa shape index (κ2) is 15.1. The van der Waals surface area contributed by atoms with E-state index in [0.717, 1.165) is 11.1 Å². The first-order valence-corrected chi connectivity index (χ1v) is 14.9. The number of carbonyl (C=O) groups excluding carboxylic acids is 2. The molecule has 6 rings (SSSR count). The van der Waals surface area contributed by atoms with Crippen molar-refractivity contribution >= 4 is 11.9 Å². The fraction of sp³-hybridized carbons (Fsp3) is 0.0500. The standard InChI is InChI=1S/C40H30O7/c41-39(46-37-17-9-7-15-35(37)43-27-29-11-3-1-4-12-29)31-19-23-33(24-20-31)45-34-25-21-32(22-26-34)40(42)47-38-18-10-8-16-36(38)44-28-30-13-5-2-6-14-30/h1-26H,27-28H2. The van der Waals surface area contributed by atoms with Crippen LogP contribution >= 0.6 is 0 Å². The van der Waals surface area contributed by atoms with E-state index in [0.29, 0.717) is 58.8 Å². The summed E-state index contributed by atoms with van der Waals surface area (Å²) >= 11 is 0. The van der Waals surface area contributed by atoms with Gasteiger partial charge in [0.15, 0.2) is 23.0 Å². The molecule has 47 heavy (non-hydrogen) atoms. The largest absolute Gasteiger partial charge is 0.485 e. The van der Waals surface area contributed by atoms with Crippen molar-refractivity contribution in [3.8, 4) is 34.5 Å². The van der Waals surface area contributed by atoms with Crippen LogP contribution in [-0.4, -0.2) is 11.9 Å². The third-order valence-corrected chi connectivity index (χ3v) is 6.99. The van der Waals surface area contributed by atoms with Gasteiger partial charge in [-0.15, -0.1) is 0 Å². The lowest BCUT2D eigenvalue weighted by molar-refractivity contribution is 0.0718. The number of esters is 2. The van der Waals surface area contributed by atoms with Gasteiger partial charge in [-0.3, -0.25) is 0 Å². The number of rotatable bonds is 12. The van der Waals surface area contributed by atoms with Crippen LogP contribution in [0.15, 0.2) is 158 Å². The van der Waals surface area contributed by atoms with Gasteiger partial charge in [0, 0.05) is 0 Å². The van der Waals surface area contributed by atoms with Crippen molar-refractivity contribution in [3.63, 3.8) is 0 Å². The molecule has 0 amide bonds. The maximum atomic E-state index is 12.9. The normalized spacial score (nSPS) is 10.5. The zero-order valence-corrected chi connectivity index (χ0v) is 25.3. The number of para-hydroxylation sites is 4. The number of carbonyl (C=O) groups is 2. The minimum absolute atomic E-state index is 0.329. The third kappa shape index (κ3) is 8.44. The van der Waals surface area contributed by atoms with Crippen molar-refractivity contribution in [1.82, 2.24) is 0 Å². The Hall–Kier alpha value is -6.34. The van der Waals surface area contributed by atoms with Crippen molar-refractivity contribution in [1.29, 1.82) is 0 Å². The highest BCUT2D eigenvalue weighted by Crippen LogP contribution is 2.30. The average Bonchev–Trinajstić information content (AvgIpc) is 3.12. The first-order chi connectivity index (χ1) is 23.1. The molecular formula is C40H30O7. The smallest absolute Gasteiger partial charge is 0.343 e. The lowest BCUT2D eigenvalue weighted by atomic mass is 10.2. The zero-order chi connectivity index (χ0) is 32.3. The summed E-state index contributed by atoms with van der Waals surface area (Å²) in [5, 5.41) is 0. The van der Waals surface area contributed by atoms with Gasteiger partial charge < -0.3 is 23.7 Å². The molecule has 0 N–H and O–H groups in total. The Balaban J connectivity index is 1.03. The molecule has 0 saturated carbocycles. The summed E-state index contributed by atoms with van der Waals surface area (Å²) < 4.78 is 29.0. The van der Waals surface area contributed by atoms with Gasteiger partial charge in [-0.05, 0) is 83.9 Å². The Morgan fingerprint density at radius 1 is 0.383 bits per heavy atom. The number of hydrogen-bond donors (Lipinski definition) is 0. The van der Waals surface area contributed by atoms with Crippen LogP contribution < -0.4 is 23.7 Å². The minimum Gasteiger partial charge on any atom is -0.485 e. The molecule has 7 heteroatoms. The monoisotopic (exact) mass is 622 g/mol. The zero-order valence-electron chi connectivity index (χ0n) is 25.3. The molecular weight excluding hydrogens is 592 g/mol. The van der Waals surface area contributed by atoms with Crippen LogP contribution in [0, 0.1) is 0 Å². The summed E-state index contributed by atoms with van der Waals surface area (Å²) in [6.07, 6.45) is 0. The van der Waals surface area contributed by atoms with E-state index in [2.05, 4.69) is 0 Å². The maximum absolute atomic E-state index is 12.9. The minimum atomic E-state index is -0.526. The molecule has 0 fully saturated rings. The first-order valence-electron chi connectivity index (χ1n) is 14.9. The Morgan fingerprint density at radius 3 is 1.11 bits per heavy atom. The summed E-state index contributed by atoms with van der Waals surface area (Å²) in [5.74, 6) is 1.56. The predicted molar refractivity (Wildman–Crippen MR) is 177 cm³/mol. The molecule has 0 radical (unpaired) electrons. The molecule has 6 aromatic rings. The summed E-state index contributed by atoms with van der Waals surface area (Å²) in [6.45, 7) is 0.698. The van der Waals surface area contributed by atoms with Gasteiger partial charge >= 0.3 is 11.9 Å². The number of benzene rings is 6. The van der Waals surface area contributed by atoms with E-state index in [1.165, 1.54) is 0 Å². The lowest BCUT2D eigenvalue weighted by Gasteiger charge is -2.12. The SMILES string of the molecule is O=C(Oc1ccccc1OCc1ccccc1)c1ccc(Oc2ccc(C(=O)Oc3ccccc3OCc3ccccc3)cc2)cc1. The van der Waals surface area contributed by atoms with Gasteiger partial charge in [-0.1, -0.05) is 84.9 Å². The first kappa shape index (κ1) is 30.7. The molecule has 0 aliphatic rings. The van der Waals surface area contributed by atoms with E-state index in [-0.39, 0.29) is 0 Å². The Kier molecular flexibility index (Phi) is 9.85. The summed E-state index contributed by atoms with van der Waals surface area (Å²) in [4.78, 5) is 25.8. The molecule has 0 saturated heterocycles. The van der Waals surface area contributed by atoms with Crippen LogP contribution in [0.25, 0.3) is 0 Å². The Morgan fingerprint density at radius 2 is 0.723 bits per heavy atom. The Bertz CT molecular complexity index is 1780. The van der Waals surface area contributed by atoms with Crippen molar-refractivity contribution in [2.75, 3.05) is 0 Å². The van der Waals surface area contributed by atoms with Gasteiger partial charge in [0.05, 0.1) is 11.1 Å². The molecule has 6 aromatic carbocycles. The topological polar surface area (TPSA) is 80.3 Å². The quantitative estimate of drug-likeness (QED) is 0.0995. The average molecular weight is 623 g/mol. The van der Waals surface area contributed by atoms with E-state index >= 15 is 0 Å². The molecule has 0 atom stereocenters. The van der Waals surface area contributed by atoms with Crippen LogP contribution in [-0.2, 0) is 13.2 Å². The molecule has 232 valence electrons. The van der Waals surface area contributed by atoms with Crippen LogP contribution in [0.3, 0.4) is 0 Å². The molecule has 0 spiro atoms. The van der Waals surface area contributed by atoms with Gasteiger partial charge in [0.25, 0.3) is 0 Å². The van der Waals surface area contributed by atoms with Crippen molar-refractivity contribution in [2.45, 2.75) is 13.2 Å². The molecule has 0 aliphatic heterocycles. The van der Waals surface area contributed by atoms with E-state index in [1.807, 2.05) is 72.8 Å². The molecule has 0 heterocycles. The Labute approximate surface area is 272 Å². The highest BCUT2D eigenvalue weighted by atomic mass is 16.6. The van der Waals surface area contributed by atoms with Crippen LogP contribution in [0.2, 0.25) is 0 Å². The number of ether oxygens (including phenoxy) is 5. The molecule has 0 bridgehead atoms. The summed E-state index contributed by atoms with van der Waals surface area (Å²) in [7, 11) is 0. The highest BCUT2D eigenvalue weighted by molar-refractivity contribution is 5.92. The third-order valence-electron chi connectivity index (χ3n) is 6.99.